The van der Waals surface area contributed by atoms with E-state index >= 15 is 0 Å². The molecule has 2 aromatic heterocycles. The Bertz CT molecular complexity index is 926. The summed E-state index contributed by atoms with van der Waals surface area (Å²) in [7, 11) is 0. The average molecular weight is 403 g/mol. The van der Waals surface area contributed by atoms with Crippen molar-refractivity contribution >= 4 is 34.0 Å². The smallest absolute Gasteiger partial charge is 0.441 e. The Hall–Kier alpha value is -2.46. The fraction of sp³-hybridized carbons (Fsp3) is 0.200. The quantitative estimate of drug-likeness (QED) is 0.682. The van der Waals surface area contributed by atoms with Crippen LogP contribution in [-0.4, -0.2) is 21.1 Å². The van der Waals surface area contributed by atoms with Gasteiger partial charge in [0.1, 0.15) is 0 Å². The summed E-state index contributed by atoms with van der Waals surface area (Å²) in [5, 5.41) is 7.72. The van der Waals surface area contributed by atoms with Gasteiger partial charge in [0.2, 0.25) is 16.0 Å². The van der Waals surface area contributed by atoms with Gasteiger partial charge < -0.3 is 9.73 Å². The van der Waals surface area contributed by atoms with Gasteiger partial charge >= 0.3 is 6.18 Å². The zero-order valence-electron chi connectivity index (χ0n) is 12.9. The van der Waals surface area contributed by atoms with Gasteiger partial charge in [0, 0.05) is 18.4 Å². The maximum atomic E-state index is 12.4. The molecule has 0 aliphatic carbocycles. The molecule has 0 fully saturated rings. The van der Waals surface area contributed by atoms with Crippen LogP contribution < -0.4 is 5.32 Å². The molecule has 1 N–H and O–H groups in total. The highest BCUT2D eigenvalue weighted by atomic mass is 35.5. The van der Waals surface area contributed by atoms with E-state index in [1.807, 2.05) is 0 Å². The van der Waals surface area contributed by atoms with Crippen molar-refractivity contribution in [2.45, 2.75) is 19.0 Å². The van der Waals surface area contributed by atoms with Crippen LogP contribution in [0.25, 0.3) is 11.3 Å². The fourth-order valence-electron chi connectivity index (χ4n) is 2.00. The maximum absolute atomic E-state index is 12.4. The molecule has 0 bridgehead atoms. The molecule has 136 valence electrons. The standard InChI is InChI=1S/C15H10ClF3N4O2S/c16-9-4-2-1-3-8(9)10-7-20-12(25-10)6-5-11(24)21-14-23-22-13(26-14)15(17,18)19/h1-4,7H,5-6H2,(H,21,23,24). The maximum Gasteiger partial charge on any atom is 0.445 e. The third kappa shape index (κ3) is 4.38. The molecular weight excluding hydrogens is 393 g/mol. The first-order valence-corrected chi connectivity index (χ1v) is 8.42. The van der Waals surface area contributed by atoms with E-state index in [1.165, 1.54) is 6.20 Å². The van der Waals surface area contributed by atoms with Crippen molar-refractivity contribution in [1.82, 2.24) is 15.2 Å². The van der Waals surface area contributed by atoms with E-state index in [0.717, 1.165) is 0 Å². The summed E-state index contributed by atoms with van der Waals surface area (Å²) in [6.07, 6.45) is -2.97. The number of anilines is 1. The summed E-state index contributed by atoms with van der Waals surface area (Å²) in [6, 6.07) is 7.07. The minimum Gasteiger partial charge on any atom is -0.441 e. The predicted molar refractivity (Wildman–Crippen MR) is 88.8 cm³/mol. The molecule has 0 aliphatic rings. The van der Waals surface area contributed by atoms with Gasteiger partial charge in [-0.3, -0.25) is 4.79 Å². The summed E-state index contributed by atoms with van der Waals surface area (Å²) >= 11 is 6.34. The molecule has 6 nitrogen and oxygen atoms in total. The Morgan fingerprint density at radius 3 is 2.73 bits per heavy atom. The third-order valence-electron chi connectivity index (χ3n) is 3.17. The van der Waals surface area contributed by atoms with Gasteiger partial charge in [-0.25, -0.2) is 4.98 Å². The molecular formula is C15H10ClF3N4O2S. The minimum absolute atomic E-state index is 0.0383. The molecule has 11 heteroatoms. The largest absolute Gasteiger partial charge is 0.445 e. The van der Waals surface area contributed by atoms with E-state index in [9.17, 15) is 18.0 Å². The summed E-state index contributed by atoms with van der Waals surface area (Å²) in [6.45, 7) is 0. The SMILES string of the molecule is O=C(CCc1ncc(-c2ccccc2Cl)o1)Nc1nnc(C(F)(F)F)s1. The van der Waals surface area contributed by atoms with Crippen LogP contribution in [0.4, 0.5) is 18.3 Å². The number of carbonyl (C=O) groups is 1. The summed E-state index contributed by atoms with van der Waals surface area (Å²) in [5.41, 5.74) is 0.672. The molecule has 0 atom stereocenters. The van der Waals surface area contributed by atoms with Gasteiger partial charge in [0.15, 0.2) is 11.7 Å². The van der Waals surface area contributed by atoms with Gasteiger partial charge in [-0.05, 0) is 12.1 Å². The lowest BCUT2D eigenvalue weighted by molar-refractivity contribution is -0.138. The highest BCUT2D eigenvalue weighted by Gasteiger charge is 2.35. The lowest BCUT2D eigenvalue weighted by Gasteiger charge is -2.00. The van der Waals surface area contributed by atoms with Crippen LogP contribution in [0.1, 0.15) is 17.3 Å². The number of aryl methyl sites for hydroxylation is 1. The number of benzene rings is 1. The van der Waals surface area contributed by atoms with Crippen molar-refractivity contribution in [2.75, 3.05) is 5.32 Å². The molecule has 26 heavy (non-hydrogen) atoms. The van der Waals surface area contributed by atoms with Crippen molar-refractivity contribution in [3.8, 4) is 11.3 Å². The van der Waals surface area contributed by atoms with Crippen molar-refractivity contribution in [2.24, 2.45) is 0 Å². The number of hydrogen-bond donors (Lipinski definition) is 1. The van der Waals surface area contributed by atoms with Crippen molar-refractivity contribution in [3.05, 3.63) is 46.4 Å². The third-order valence-corrected chi connectivity index (χ3v) is 4.39. The molecule has 0 saturated carbocycles. The van der Waals surface area contributed by atoms with Gasteiger partial charge in [0.25, 0.3) is 0 Å². The van der Waals surface area contributed by atoms with E-state index in [1.54, 1.807) is 24.3 Å². The highest BCUT2D eigenvalue weighted by Crippen LogP contribution is 2.33. The zero-order chi connectivity index (χ0) is 18.7. The normalized spacial score (nSPS) is 11.5. The van der Waals surface area contributed by atoms with Crippen LogP contribution in [0.2, 0.25) is 5.02 Å². The average Bonchev–Trinajstić information content (AvgIpc) is 3.22. The number of rotatable bonds is 5. The Balaban J connectivity index is 1.57. The molecule has 0 aliphatic heterocycles. The van der Waals surface area contributed by atoms with E-state index < -0.39 is 17.1 Å². The zero-order valence-corrected chi connectivity index (χ0v) is 14.5. The van der Waals surface area contributed by atoms with Gasteiger partial charge in [-0.1, -0.05) is 35.1 Å². The number of aromatic nitrogens is 3. The second-order valence-corrected chi connectivity index (χ2v) is 6.44. The highest BCUT2D eigenvalue weighted by molar-refractivity contribution is 7.15. The van der Waals surface area contributed by atoms with Crippen LogP contribution in [0.3, 0.4) is 0 Å². The molecule has 0 unspecified atom stereocenters. The van der Waals surface area contributed by atoms with E-state index in [0.29, 0.717) is 22.2 Å². The Morgan fingerprint density at radius 1 is 1.27 bits per heavy atom. The van der Waals surface area contributed by atoms with Crippen molar-refractivity contribution in [3.63, 3.8) is 0 Å². The number of halogens is 4. The summed E-state index contributed by atoms with van der Waals surface area (Å²) < 4.78 is 42.9. The number of alkyl halides is 3. The minimum atomic E-state index is -4.59. The van der Waals surface area contributed by atoms with E-state index in [-0.39, 0.29) is 29.3 Å². The number of hydrogen-bond acceptors (Lipinski definition) is 6. The molecule has 0 radical (unpaired) electrons. The predicted octanol–water partition coefficient (Wildman–Crippen LogP) is 4.44. The molecule has 2 heterocycles. The molecule has 1 aromatic carbocycles. The molecule has 3 aromatic rings. The first kappa shape index (κ1) is 18.3. The van der Waals surface area contributed by atoms with Crippen LogP contribution in [0, 0.1) is 0 Å². The molecule has 3 rings (SSSR count). The van der Waals surface area contributed by atoms with Crippen LogP contribution >= 0.6 is 22.9 Å². The van der Waals surface area contributed by atoms with E-state index in [2.05, 4.69) is 20.5 Å². The second-order valence-electron chi connectivity index (χ2n) is 5.06. The van der Waals surface area contributed by atoms with Crippen LogP contribution in [0.15, 0.2) is 34.9 Å². The van der Waals surface area contributed by atoms with Crippen LogP contribution in [0.5, 0.6) is 0 Å². The second kappa shape index (κ2) is 7.42. The lowest BCUT2D eigenvalue weighted by atomic mass is 10.2. The fourth-order valence-corrected chi connectivity index (χ4v) is 2.86. The Kier molecular flexibility index (Phi) is 5.23. The van der Waals surface area contributed by atoms with E-state index in [4.69, 9.17) is 16.0 Å². The summed E-state index contributed by atoms with van der Waals surface area (Å²) in [4.78, 5) is 15.9. The number of nitrogens with zero attached hydrogens (tertiary/aromatic N) is 3. The number of carbonyl (C=O) groups excluding carboxylic acids is 1. The van der Waals surface area contributed by atoms with Crippen molar-refractivity contribution < 1.29 is 22.4 Å². The number of amides is 1. The first-order valence-electron chi connectivity index (χ1n) is 7.23. The first-order chi connectivity index (χ1) is 12.3. The van der Waals surface area contributed by atoms with Gasteiger partial charge in [0.05, 0.1) is 11.2 Å². The topological polar surface area (TPSA) is 80.9 Å². The lowest BCUT2D eigenvalue weighted by Crippen LogP contribution is -2.12. The summed E-state index contributed by atoms with van der Waals surface area (Å²) in [5.74, 6) is 0.251. The molecule has 0 spiro atoms. The Labute approximate surface area is 154 Å². The molecule has 0 saturated heterocycles. The number of nitrogens with one attached hydrogen (secondary N) is 1. The Morgan fingerprint density at radius 2 is 2.04 bits per heavy atom. The molecule has 1 amide bonds. The van der Waals surface area contributed by atoms with Gasteiger partial charge in [-0.2, -0.15) is 13.2 Å². The monoisotopic (exact) mass is 402 g/mol. The van der Waals surface area contributed by atoms with Crippen LogP contribution in [-0.2, 0) is 17.4 Å². The van der Waals surface area contributed by atoms with Crippen molar-refractivity contribution in [1.29, 1.82) is 0 Å². The van der Waals surface area contributed by atoms with Gasteiger partial charge in [-0.15, -0.1) is 10.2 Å². The number of oxazole rings is 1.